The topological polar surface area (TPSA) is 104 Å². The number of phenols is 2. The Balaban J connectivity index is 2.24. The first-order chi connectivity index (χ1) is 14.6. The molecular weight excluding hydrogens is 396 g/mol. The van der Waals surface area contributed by atoms with Crippen molar-refractivity contribution in [3.63, 3.8) is 0 Å². The first-order valence-corrected chi connectivity index (χ1v) is 9.80. The van der Waals surface area contributed by atoms with E-state index in [4.69, 9.17) is 4.74 Å². The van der Waals surface area contributed by atoms with Gasteiger partial charge in [-0.2, -0.15) is 0 Å². The Morgan fingerprint density at radius 3 is 1.81 bits per heavy atom. The first-order valence-electron chi connectivity index (χ1n) is 9.80. The van der Waals surface area contributed by atoms with Crippen molar-refractivity contribution in [1.82, 2.24) is 0 Å². The van der Waals surface area contributed by atoms with Gasteiger partial charge in [0.15, 0.2) is 5.60 Å². The molecule has 6 heteroatoms. The minimum absolute atomic E-state index is 0.0430. The maximum absolute atomic E-state index is 13.0. The van der Waals surface area contributed by atoms with Gasteiger partial charge in [0.1, 0.15) is 11.5 Å². The van der Waals surface area contributed by atoms with Crippen molar-refractivity contribution in [3.05, 3.63) is 92.5 Å². The number of carboxylic acids is 1. The molecule has 1 heterocycles. The van der Waals surface area contributed by atoms with Gasteiger partial charge in [0.2, 0.25) is 0 Å². The molecule has 3 N–H and O–H groups in total. The average molecular weight is 418 g/mol. The third-order valence-corrected chi connectivity index (χ3v) is 6.39. The molecule has 6 nitrogen and oxygen atoms in total. The third-order valence-electron chi connectivity index (χ3n) is 6.39. The zero-order chi connectivity index (χ0) is 22.7. The van der Waals surface area contributed by atoms with Gasteiger partial charge in [0, 0.05) is 16.7 Å². The molecule has 3 aromatic carbocycles. The summed E-state index contributed by atoms with van der Waals surface area (Å²) in [7, 11) is 0. The summed E-state index contributed by atoms with van der Waals surface area (Å²) in [6.45, 7) is 7.09. The SMILES string of the molecule is Cc1c(O)ccc(C2(c3ccc(O)c(C)c3C)OC(=O)c3cccc(C(=O)O)c32)c1C. The Labute approximate surface area is 179 Å². The number of hydrogen-bond acceptors (Lipinski definition) is 5. The number of hydrogen-bond donors (Lipinski definition) is 3. The Hall–Kier alpha value is -3.80. The van der Waals surface area contributed by atoms with E-state index < -0.39 is 17.5 Å². The fraction of sp³-hybridized carbons (Fsp3) is 0.200. The number of cyclic esters (lactones) is 1. The van der Waals surface area contributed by atoms with Gasteiger partial charge in [-0.25, -0.2) is 9.59 Å². The molecule has 1 aliphatic heterocycles. The van der Waals surface area contributed by atoms with Crippen molar-refractivity contribution in [3.8, 4) is 11.5 Å². The van der Waals surface area contributed by atoms with Crippen LogP contribution in [0, 0.1) is 27.7 Å². The van der Waals surface area contributed by atoms with Gasteiger partial charge < -0.3 is 20.1 Å². The molecule has 1 aliphatic rings. The number of esters is 1. The molecule has 158 valence electrons. The highest BCUT2D eigenvalue weighted by Crippen LogP contribution is 2.51. The highest BCUT2D eigenvalue weighted by molar-refractivity contribution is 6.02. The van der Waals surface area contributed by atoms with E-state index in [2.05, 4.69) is 0 Å². The molecule has 0 aromatic heterocycles. The van der Waals surface area contributed by atoms with E-state index in [1.54, 1.807) is 45.9 Å². The van der Waals surface area contributed by atoms with Crippen LogP contribution in [0.4, 0.5) is 0 Å². The normalized spacial score (nSPS) is 14.3. The van der Waals surface area contributed by atoms with E-state index in [1.165, 1.54) is 24.3 Å². The number of fused-ring (bicyclic) bond motifs is 1. The van der Waals surface area contributed by atoms with Crippen molar-refractivity contribution >= 4 is 11.9 Å². The van der Waals surface area contributed by atoms with Crippen LogP contribution in [0.1, 0.15) is 59.7 Å². The molecule has 31 heavy (non-hydrogen) atoms. The number of carbonyl (C=O) groups is 2. The van der Waals surface area contributed by atoms with Gasteiger partial charge in [-0.15, -0.1) is 0 Å². The minimum Gasteiger partial charge on any atom is -0.508 e. The number of aromatic carboxylic acids is 1. The van der Waals surface area contributed by atoms with Crippen LogP contribution in [-0.4, -0.2) is 27.3 Å². The molecule has 4 rings (SSSR count). The van der Waals surface area contributed by atoms with Crippen LogP contribution in [-0.2, 0) is 10.3 Å². The Kier molecular flexibility index (Phi) is 4.54. The highest BCUT2D eigenvalue weighted by Gasteiger charge is 2.52. The summed E-state index contributed by atoms with van der Waals surface area (Å²) >= 11 is 0. The predicted octanol–water partition coefficient (Wildman–Crippen LogP) is 4.49. The summed E-state index contributed by atoms with van der Waals surface area (Å²) in [5.74, 6) is -1.63. The van der Waals surface area contributed by atoms with Crippen LogP contribution in [0.15, 0.2) is 42.5 Å². The van der Waals surface area contributed by atoms with Crippen LogP contribution in [0.25, 0.3) is 0 Å². The van der Waals surface area contributed by atoms with Crippen molar-refractivity contribution in [2.45, 2.75) is 33.3 Å². The maximum atomic E-state index is 13.0. The number of carbonyl (C=O) groups excluding carboxylic acids is 1. The largest absolute Gasteiger partial charge is 0.508 e. The second kappa shape index (κ2) is 6.87. The summed E-state index contributed by atoms with van der Waals surface area (Å²) in [5, 5.41) is 30.4. The number of aromatic hydroxyl groups is 2. The zero-order valence-electron chi connectivity index (χ0n) is 17.6. The summed E-state index contributed by atoms with van der Waals surface area (Å²) in [4.78, 5) is 25.2. The van der Waals surface area contributed by atoms with Crippen molar-refractivity contribution in [2.24, 2.45) is 0 Å². The van der Waals surface area contributed by atoms with Gasteiger partial charge in [-0.3, -0.25) is 0 Å². The van der Waals surface area contributed by atoms with E-state index in [0.29, 0.717) is 33.4 Å². The van der Waals surface area contributed by atoms with E-state index in [0.717, 1.165) is 0 Å². The van der Waals surface area contributed by atoms with E-state index in [-0.39, 0.29) is 28.2 Å². The van der Waals surface area contributed by atoms with E-state index in [1.807, 2.05) is 0 Å². The molecule has 0 saturated heterocycles. The van der Waals surface area contributed by atoms with Crippen LogP contribution >= 0.6 is 0 Å². The lowest BCUT2D eigenvalue weighted by Crippen LogP contribution is -2.33. The molecule has 0 fully saturated rings. The molecule has 0 saturated carbocycles. The van der Waals surface area contributed by atoms with Crippen molar-refractivity contribution < 1.29 is 29.6 Å². The summed E-state index contributed by atoms with van der Waals surface area (Å²) < 4.78 is 6.07. The van der Waals surface area contributed by atoms with Crippen molar-refractivity contribution in [2.75, 3.05) is 0 Å². The van der Waals surface area contributed by atoms with E-state index in [9.17, 15) is 24.9 Å². The standard InChI is InChI=1S/C25H22O6/c1-12-14(3)20(26)10-8-18(12)25(19-9-11-21(27)15(4)13(19)2)22-16(23(28)29)6-5-7-17(22)24(30)31-25/h5-11,26-27H,1-4H3,(H,28,29). The molecule has 0 aliphatic carbocycles. The smallest absolute Gasteiger partial charge is 0.340 e. The fourth-order valence-corrected chi connectivity index (χ4v) is 4.42. The average Bonchev–Trinajstić information content (AvgIpc) is 3.03. The number of carboxylic acid groups (broad SMARTS) is 1. The van der Waals surface area contributed by atoms with Gasteiger partial charge in [-0.05, 0) is 74.2 Å². The van der Waals surface area contributed by atoms with E-state index >= 15 is 0 Å². The predicted molar refractivity (Wildman–Crippen MR) is 114 cm³/mol. The van der Waals surface area contributed by atoms with Crippen LogP contribution in [0.2, 0.25) is 0 Å². The lowest BCUT2D eigenvalue weighted by molar-refractivity contribution is 0.0242. The number of ether oxygens (including phenoxy) is 1. The monoisotopic (exact) mass is 418 g/mol. The number of benzene rings is 3. The van der Waals surface area contributed by atoms with Crippen LogP contribution in [0.3, 0.4) is 0 Å². The maximum Gasteiger partial charge on any atom is 0.340 e. The van der Waals surface area contributed by atoms with Gasteiger partial charge in [-0.1, -0.05) is 18.2 Å². The third kappa shape index (κ3) is 2.71. The Morgan fingerprint density at radius 2 is 1.32 bits per heavy atom. The van der Waals surface area contributed by atoms with Gasteiger partial charge in [0.25, 0.3) is 0 Å². The van der Waals surface area contributed by atoms with Crippen molar-refractivity contribution in [1.29, 1.82) is 0 Å². The van der Waals surface area contributed by atoms with Crippen LogP contribution < -0.4 is 0 Å². The first kappa shape index (κ1) is 20.5. The molecule has 0 radical (unpaired) electrons. The lowest BCUT2D eigenvalue weighted by atomic mass is 9.73. The van der Waals surface area contributed by atoms with Gasteiger partial charge in [0.05, 0.1) is 11.1 Å². The lowest BCUT2D eigenvalue weighted by Gasteiger charge is -2.34. The molecule has 0 unspecified atom stereocenters. The second-order valence-electron chi connectivity index (χ2n) is 7.87. The molecule has 3 aromatic rings. The number of rotatable bonds is 3. The highest BCUT2D eigenvalue weighted by atomic mass is 16.6. The van der Waals surface area contributed by atoms with Crippen LogP contribution in [0.5, 0.6) is 11.5 Å². The Bertz CT molecular complexity index is 1210. The Morgan fingerprint density at radius 1 is 0.806 bits per heavy atom. The molecular formula is C25H22O6. The van der Waals surface area contributed by atoms with Gasteiger partial charge >= 0.3 is 11.9 Å². The second-order valence-corrected chi connectivity index (χ2v) is 7.87. The molecule has 0 atom stereocenters. The minimum atomic E-state index is -1.55. The molecule has 0 amide bonds. The number of phenolic OH excluding ortho intramolecular Hbond substituents is 2. The summed E-state index contributed by atoms with van der Waals surface area (Å²) in [5.41, 5.74) is 2.48. The molecule has 0 spiro atoms. The summed E-state index contributed by atoms with van der Waals surface area (Å²) in [6.07, 6.45) is 0. The quantitative estimate of drug-likeness (QED) is 0.542. The zero-order valence-corrected chi connectivity index (χ0v) is 17.6. The molecule has 0 bridgehead atoms. The fourth-order valence-electron chi connectivity index (χ4n) is 4.42. The summed E-state index contributed by atoms with van der Waals surface area (Å²) in [6, 6.07) is 10.8.